The second-order valence-corrected chi connectivity index (χ2v) is 13.6. The van der Waals surface area contributed by atoms with Crippen LogP contribution in [0.25, 0.3) is 16.6 Å². The van der Waals surface area contributed by atoms with Crippen LogP contribution in [0.4, 0.5) is 11.5 Å². The van der Waals surface area contributed by atoms with Crippen molar-refractivity contribution in [1.29, 1.82) is 0 Å². The van der Waals surface area contributed by atoms with Gasteiger partial charge in [-0.15, -0.1) is 0 Å². The van der Waals surface area contributed by atoms with Crippen LogP contribution in [0.15, 0.2) is 67.1 Å². The van der Waals surface area contributed by atoms with E-state index in [0.29, 0.717) is 35.6 Å². The average molecular weight is 692 g/mol. The van der Waals surface area contributed by atoms with Gasteiger partial charge in [0.25, 0.3) is 5.91 Å². The second kappa shape index (κ2) is 15.7. The van der Waals surface area contributed by atoms with E-state index in [9.17, 15) is 14.4 Å². The average Bonchev–Trinajstić information content (AvgIpc) is 3.81. The Hall–Kier alpha value is -5.30. The minimum atomic E-state index is -0.308. The molecule has 0 spiro atoms. The molecule has 0 radical (unpaired) electrons. The first-order valence-electron chi connectivity index (χ1n) is 18.0. The minimum absolute atomic E-state index is 0.153. The second-order valence-electron chi connectivity index (χ2n) is 13.6. The zero-order valence-electron chi connectivity index (χ0n) is 29.0. The number of ether oxygens (including phenoxy) is 1. The molecule has 3 aromatic heterocycles. The standard InChI is InChI=1S/C23H33N3O2.C15H12N6O2/c27-22-11-10-21(23(28)24-22)19-6-8-20(9-7-19)26-16-14-25(15-17-26)13-12-18-4-2-1-3-5-18;1-23-12-6-11-9(7-17-20-11)5-10(12)15(22)19-14-8-16-13-3-2-4-18-21(13)14/h6-9,18,21H,1-5,10-17H2,(H,24,27,28);2-8H,1H3,(H,17,20)(H,19,22). The van der Waals surface area contributed by atoms with Crippen molar-refractivity contribution in [3.63, 3.8) is 0 Å². The minimum Gasteiger partial charge on any atom is -0.496 e. The Labute approximate surface area is 296 Å². The molecule has 1 unspecified atom stereocenters. The molecule has 8 rings (SSSR count). The predicted molar refractivity (Wildman–Crippen MR) is 195 cm³/mol. The molecule has 0 bridgehead atoms. The maximum Gasteiger partial charge on any atom is 0.260 e. The highest BCUT2D eigenvalue weighted by atomic mass is 16.5. The number of carbonyl (C=O) groups excluding carboxylic acids is 3. The van der Waals surface area contributed by atoms with E-state index >= 15 is 0 Å². The lowest BCUT2D eigenvalue weighted by atomic mass is 9.87. The van der Waals surface area contributed by atoms with Crippen molar-refractivity contribution in [2.75, 3.05) is 50.1 Å². The molecule has 3 amide bonds. The largest absolute Gasteiger partial charge is 0.496 e. The summed E-state index contributed by atoms with van der Waals surface area (Å²) in [6.45, 7) is 5.68. The fraction of sp³-hybridized carbons (Fsp3) is 0.421. The van der Waals surface area contributed by atoms with Gasteiger partial charge in [0, 0.05) is 55.9 Å². The molecule has 3 aliphatic rings. The number of piperazine rings is 1. The summed E-state index contributed by atoms with van der Waals surface area (Å²) in [5.74, 6) is 1.10. The quantitative estimate of drug-likeness (QED) is 0.188. The predicted octanol–water partition coefficient (Wildman–Crippen LogP) is 5.17. The molecule has 51 heavy (non-hydrogen) atoms. The number of hydrogen-bond acceptors (Lipinski definition) is 9. The van der Waals surface area contributed by atoms with Crippen molar-refractivity contribution < 1.29 is 19.1 Å². The number of nitrogens with one attached hydrogen (secondary N) is 3. The Kier molecular flexibility index (Phi) is 10.5. The number of imidazole rings is 1. The molecule has 3 fully saturated rings. The number of anilines is 2. The molecular weight excluding hydrogens is 646 g/mol. The molecule has 13 heteroatoms. The fourth-order valence-corrected chi connectivity index (χ4v) is 7.42. The van der Waals surface area contributed by atoms with Crippen LogP contribution in [0.5, 0.6) is 5.75 Å². The van der Waals surface area contributed by atoms with Crippen molar-refractivity contribution in [1.82, 2.24) is 35.0 Å². The maximum absolute atomic E-state index is 12.6. The SMILES string of the molecule is COc1cc2[nH]ncc2cc1C(=O)Nc1cnc2cccnn12.O=C1CCC(c2ccc(N3CCN(CCC4CCCCC4)CC3)cc2)C(=O)N1. The summed E-state index contributed by atoms with van der Waals surface area (Å²) in [5, 5.41) is 17.0. The fourth-order valence-electron chi connectivity index (χ4n) is 7.42. The van der Waals surface area contributed by atoms with Crippen LogP contribution < -0.4 is 20.3 Å². The van der Waals surface area contributed by atoms with Gasteiger partial charge in [0.15, 0.2) is 11.5 Å². The van der Waals surface area contributed by atoms with Gasteiger partial charge in [-0.1, -0.05) is 44.2 Å². The van der Waals surface area contributed by atoms with Crippen LogP contribution in [-0.2, 0) is 9.59 Å². The Morgan fingerprint density at radius 3 is 2.55 bits per heavy atom. The van der Waals surface area contributed by atoms with Crippen molar-refractivity contribution in [3.8, 4) is 5.75 Å². The summed E-state index contributed by atoms with van der Waals surface area (Å²) in [7, 11) is 1.52. The van der Waals surface area contributed by atoms with Crippen LogP contribution in [0, 0.1) is 5.92 Å². The highest BCUT2D eigenvalue weighted by Crippen LogP contribution is 2.29. The van der Waals surface area contributed by atoms with Gasteiger partial charge in [0.05, 0.1) is 36.5 Å². The lowest BCUT2D eigenvalue weighted by molar-refractivity contribution is -0.134. The number of aromatic nitrogens is 5. The van der Waals surface area contributed by atoms with Crippen LogP contribution in [0.2, 0.25) is 0 Å². The number of nitrogens with zero attached hydrogens (tertiary/aromatic N) is 6. The molecule has 1 saturated carbocycles. The molecule has 3 N–H and O–H groups in total. The lowest BCUT2D eigenvalue weighted by Gasteiger charge is -2.37. The lowest BCUT2D eigenvalue weighted by Crippen LogP contribution is -2.47. The maximum atomic E-state index is 12.6. The van der Waals surface area contributed by atoms with Crippen molar-refractivity contribution in [2.45, 2.75) is 57.3 Å². The summed E-state index contributed by atoms with van der Waals surface area (Å²) in [4.78, 5) is 45.3. The van der Waals surface area contributed by atoms with E-state index in [0.717, 1.165) is 48.6 Å². The van der Waals surface area contributed by atoms with Gasteiger partial charge >= 0.3 is 0 Å². The number of H-pyrrole nitrogens is 1. The van der Waals surface area contributed by atoms with E-state index < -0.39 is 0 Å². The van der Waals surface area contributed by atoms with Gasteiger partial charge in [-0.25, -0.2) is 4.98 Å². The molecule has 2 aliphatic heterocycles. The summed E-state index contributed by atoms with van der Waals surface area (Å²) in [6.07, 6.45) is 14.5. The van der Waals surface area contributed by atoms with Gasteiger partial charge in [0.2, 0.25) is 11.8 Å². The number of piperidine rings is 1. The number of imide groups is 1. The first-order valence-corrected chi connectivity index (χ1v) is 18.0. The molecule has 266 valence electrons. The zero-order valence-corrected chi connectivity index (χ0v) is 29.0. The smallest absolute Gasteiger partial charge is 0.260 e. The molecule has 1 aliphatic carbocycles. The Morgan fingerprint density at radius 1 is 0.980 bits per heavy atom. The van der Waals surface area contributed by atoms with E-state index in [4.69, 9.17) is 4.74 Å². The van der Waals surface area contributed by atoms with Gasteiger partial charge in [-0.3, -0.25) is 29.7 Å². The van der Waals surface area contributed by atoms with E-state index in [-0.39, 0.29) is 23.6 Å². The van der Waals surface area contributed by atoms with Gasteiger partial charge < -0.3 is 15.0 Å². The number of hydrogen-bond donors (Lipinski definition) is 3. The topological polar surface area (TPSA) is 150 Å². The Morgan fingerprint density at radius 2 is 1.78 bits per heavy atom. The van der Waals surface area contributed by atoms with E-state index in [2.05, 4.69) is 65.0 Å². The van der Waals surface area contributed by atoms with Crippen molar-refractivity contribution in [2.24, 2.45) is 5.92 Å². The number of fused-ring (bicyclic) bond motifs is 2. The van der Waals surface area contributed by atoms with Crippen molar-refractivity contribution >= 4 is 45.8 Å². The molecular formula is C38H45N9O4. The molecule has 5 heterocycles. The number of amides is 3. The van der Waals surface area contributed by atoms with Crippen LogP contribution in [-0.4, -0.2) is 87.3 Å². The number of aromatic amines is 1. The number of rotatable bonds is 8. The highest BCUT2D eigenvalue weighted by Gasteiger charge is 2.28. The third kappa shape index (κ3) is 8.04. The third-order valence-electron chi connectivity index (χ3n) is 10.4. The highest BCUT2D eigenvalue weighted by molar-refractivity contribution is 6.08. The summed E-state index contributed by atoms with van der Waals surface area (Å²) in [6, 6.07) is 15.4. The van der Waals surface area contributed by atoms with Crippen LogP contribution in [0.1, 0.15) is 73.2 Å². The first-order chi connectivity index (χ1) is 24.9. The summed E-state index contributed by atoms with van der Waals surface area (Å²) >= 11 is 0. The summed E-state index contributed by atoms with van der Waals surface area (Å²) in [5.41, 5.74) is 4.12. The molecule has 5 aromatic rings. The number of benzene rings is 2. The zero-order chi connectivity index (χ0) is 35.2. The van der Waals surface area contributed by atoms with Crippen LogP contribution in [0.3, 0.4) is 0 Å². The van der Waals surface area contributed by atoms with Crippen molar-refractivity contribution in [3.05, 3.63) is 78.2 Å². The number of methoxy groups -OCH3 is 1. The normalized spacial score (nSPS) is 18.7. The summed E-state index contributed by atoms with van der Waals surface area (Å²) < 4.78 is 6.86. The van der Waals surface area contributed by atoms with E-state index in [1.54, 1.807) is 47.4 Å². The van der Waals surface area contributed by atoms with Gasteiger partial charge in [-0.05, 0) is 61.2 Å². The number of carbonyl (C=O) groups is 3. The van der Waals surface area contributed by atoms with E-state index in [1.807, 2.05) is 0 Å². The Balaban J connectivity index is 0.000000162. The van der Waals surface area contributed by atoms with Crippen LogP contribution >= 0.6 is 0 Å². The Bertz CT molecular complexity index is 1970. The first kappa shape index (κ1) is 34.2. The van der Waals surface area contributed by atoms with E-state index in [1.165, 1.54) is 57.9 Å². The monoisotopic (exact) mass is 691 g/mol. The molecule has 2 aromatic carbocycles. The third-order valence-corrected chi connectivity index (χ3v) is 10.4. The molecule has 2 saturated heterocycles. The molecule has 13 nitrogen and oxygen atoms in total. The van der Waals surface area contributed by atoms with Gasteiger partial charge in [-0.2, -0.15) is 14.7 Å². The van der Waals surface area contributed by atoms with Gasteiger partial charge in [0.1, 0.15) is 5.75 Å². The molecule has 1 atom stereocenters.